The van der Waals surface area contributed by atoms with Gasteiger partial charge in [-0.05, 0) is 30.2 Å². The van der Waals surface area contributed by atoms with E-state index in [9.17, 15) is 4.79 Å². The molecular weight excluding hydrogens is 202 g/mol. The highest BCUT2D eigenvalue weighted by Crippen LogP contribution is 2.02. The minimum absolute atomic E-state index is 0.340. The zero-order chi connectivity index (χ0) is 11.7. The Morgan fingerprint density at radius 2 is 2.31 bits per heavy atom. The van der Waals surface area contributed by atoms with E-state index in [2.05, 4.69) is 19.1 Å². The number of aromatic carboxylic acids is 1. The monoisotopic (exact) mass is 217 g/mol. The predicted octanol–water partition coefficient (Wildman–Crippen LogP) is 0.973. The van der Waals surface area contributed by atoms with Gasteiger partial charge in [0.05, 0.1) is 0 Å². The number of carboxylic acid groups (broad SMARTS) is 1. The van der Waals surface area contributed by atoms with E-state index in [0.29, 0.717) is 18.2 Å². The number of fused-ring (bicyclic) bond motifs is 1. The highest BCUT2D eigenvalue weighted by atomic mass is 16.4. The Kier molecular flexibility index (Phi) is 2.69. The standard InChI is InChI=1S/C13H15NO2/c1-3-14-11-6-4-5-9(2)7-10(11)8-12(14)13(15)16/h4-9H,3H2,1-2H3,(H,15,16). The van der Waals surface area contributed by atoms with Gasteiger partial charge in [0.2, 0.25) is 0 Å². The summed E-state index contributed by atoms with van der Waals surface area (Å²) in [5.41, 5.74) is 0.363. The van der Waals surface area contributed by atoms with Crippen molar-refractivity contribution in [2.24, 2.45) is 5.92 Å². The zero-order valence-electron chi connectivity index (χ0n) is 9.47. The van der Waals surface area contributed by atoms with Crippen LogP contribution in [0.3, 0.4) is 0 Å². The molecule has 1 aliphatic rings. The van der Waals surface area contributed by atoms with Crippen LogP contribution in [-0.4, -0.2) is 15.6 Å². The first kappa shape index (κ1) is 10.7. The molecule has 0 bridgehead atoms. The van der Waals surface area contributed by atoms with Crippen molar-refractivity contribution >= 4 is 18.1 Å². The van der Waals surface area contributed by atoms with E-state index in [1.165, 1.54) is 0 Å². The fraction of sp³-hybridized carbons (Fsp3) is 0.308. The molecule has 16 heavy (non-hydrogen) atoms. The Labute approximate surface area is 94.0 Å². The maximum atomic E-state index is 11.1. The van der Waals surface area contributed by atoms with Gasteiger partial charge in [0.25, 0.3) is 0 Å². The molecule has 1 atom stereocenters. The molecule has 84 valence electrons. The van der Waals surface area contributed by atoms with Crippen LogP contribution in [0.2, 0.25) is 0 Å². The van der Waals surface area contributed by atoms with Crippen LogP contribution in [0, 0.1) is 5.92 Å². The highest BCUT2D eigenvalue weighted by Gasteiger charge is 2.11. The van der Waals surface area contributed by atoms with E-state index in [0.717, 1.165) is 10.6 Å². The molecule has 0 saturated carbocycles. The molecule has 1 N–H and O–H groups in total. The number of hydrogen-bond acceptors (Lipinski definition) is 1. The lowest BCUT2D eigenvalue weighted by atomic mass is 10.1. The summed E-state index contributed by atoms with van der Waals surface area (Å²) in [5, 5.41) is 11.1. The maximum Gasteiger partial charge on any atom is 0.352 e. The topological polar surface area (TPSA) is 42.2 Å². The Morgan fingerprint density at radius 3 is 2.94 bits per heavy atom. The zero-order valence-corrected chi connectivity index (χ0v) is 9.47. The number of rotatable bonds is 2. The Bertz CT molecular complexity index is 563. The average Bonchev–Trinajstić information content (AvgIpc) is 2.46. The van der Waals surface area contributed by atoms with Crippen LogP contribution in [-0.2, 0) is 6.54 Å². The van der Waals surface area contributed by atoms with Crippen LogP contribution in [0.4, 0.5) is 0 Å². The summed E-state index contributed by atoms with van der Waals surface area (Å²) >= 11 is 0. The lowest BCUT2D eigenvalue weighted by Gasteiger charge is -2.01. The highest BCUT2D eigenvalue weighted by molar-refractivity contribution is 5.86. The Hall–Kier alpha value is -1.77. The molecule has 0 amide bonds. The van der Waals surface area contributed by atoms with Gasteiger partial charge >= 0.3 is 5.97 Å². The molecule has 0 radical (unpaired) electrons. The number of carboxylic acids is 1. The molecule has 2 rings (SSSR count). The van der Waals surface area contributed by atoms with E-state index in [1.807, 2.05) is 23.6 Å². The van der Waals surface area contributed by atoms with Gasteiger partial charge in [-0.1, -0.05) is 25.2 Å². The van der Waals surface area contributed by atoms with Crippen molar-refractivity contribution < 1.29 is 9.90 Å². The minimum Gasteiger partial charge on any atom is -0.477 e. The van der Waals surface area contributed by atoms with Gasteiger partial charge in [-0.25, -0.2) is 4.79 Å². The number of aromatic nitrogens is 1. The SMILES string of the molecule is CCn1c(C(=O)O)cc2c1=CC=CC(C)C=2. The normalized spacial score (nSPS) is 18.2. The summed E-state index contributed by atoms with van der Waals surface area (Å²) in [5.74, 6) is -0.528. The Morgan fingerprint density at radius 1 is 1.56 bits per heavy atom. The first-order valence-corrected chi connectivity index (χ1v) is 5.46. The summed E-state index contributed by atoms with van der Waals surface area (Å²) < 4.78 is 1.83. The van der Waals surface area contributed by atoms with Crippen molar-refractivity contribution in [1.29, 1.82) is 0 Å². The molecule has 0 spiro atoms. The first-order chi connectivity index (χ1) is 7.63. The lowest BCUT2D eigenvalue weighted by Crippen LogP contribution is -2.29. The van der Waals surface area contributed by atoms with Crippen molar-refractivity contribution in [3.8, 4) is 0 Å². The van der Waals surface area contributed by atoms with E-state index >= 15 is 0 Å². The lowest BCUT2D eigenvalue weighted by molar-refractivity contribution is 0.0685. The fourth-order valence-electron chi connectivity index (χ4n) is 2.08. The van der Waals surface area contributed by atoms with Gasteiger partial charge in [-0.3, -0.25) is 0 Å². The number of hydrogen-bond donors (Lipinski definition) is 1. The summed E-state index contributed by atoms with van der Waals surface area (Å²) in [7, 11) is 0. The minimum atomic E-state index is -0.867. The number of nitrogens with zero attached hydrogens (tertiary/aromatic N) is 1. The molecule has 0 aliphatic heterocycles. The van der Waals surface area contributed by atoms with E-state index in [1.54, 1.807) is 6.07 Å². The van der Waals surface area contributed by atoms with Gasteiger partial charge in [0.1, 0.15) is 5.69 Å². The average molecular weight is 217 g/mol. The molecular formula is C13H15NO2. The molecule has 1 aromatic rings. The van der Waals surface area contributed by atoms with Crippen molar-refractivity contribution in [2.45, 2.75) is 20.4 Å². The van der Waals surface area contributed by atoms with Crippen LogP contribution in [0.25, 0.3) is 12.2 Å². The van der Waals surface area contributed by atoms with Crippen LogP contribution < -0.4 is 10.6 Å². The molecule has 1 aromatic heterocycles. The van der Waals surface area contributed by atoms with E-state index in [4.69, 9.17) is 5.11 Å². The quantitative estimate of drug-likeness (QED) is 0.802. The van der Waals surface area contributed by atoms with Gasteiger partial charge in [-0.2, -0.15) is 0 Å². The second-order valence-corrected chi connectivity index (χ2v) is 4.00. The van der Waals surface area contributed by atoms with Crippen molar-refractivity contribution in [2.75, 3.05) is 0 Å². The molecule has 1 unspecified atom stereocenters. The van der Waals surface area contributed by atoms with Gasteiger partial charge < -0.3 is 9.67 Å². The van der Waals surface area contributed by atoms with E-state index < -0.39 is 5.97 Å². The van der Waals surface area contributed by atoms with Crippen LogP contribution >= 0.6 is 0 Å². The molecule has 0 aromatic carbocycles. The van der Waals surface area contributed by atoms with Crippen molar-refractivity contribution in [3.05, 3.63) is 34.5 Å². The smallest absolute Gasteiger partial charge is 0.352 e. The number of carbonyl (C=O) groups is 1. The second kappa shape index (κ2) is 4.00. The third-order valence-electron chi connectivity index (χ3n) is 2.82. The molecule has 3 heteroatoms. The van der Waals surface area contributed by atoms with Crippen LogP contribution in [0.5, 0.6) is 0 Å². The van der Waals surface area contributed by atoms with Gasteiger partial charge in [0, 0.05) is 11.9 Å². The van der Waals surface area contributed by atoms with E-state index in [-0.39, 0.29) is 0 Å². The number of allylic oxidation sites excluding steroid dienone is 2. The third-order valence-corrected chi connectivity index (χ3v) is 2.82. The molecule has 3 nitrogen and oxygen atoms in total. The molecule has 1 aliphatic carbocycles. The van der Waals surface area contributed by atoms with Crippen molar-refractivity contribution in [1.82, 2.24) is 4.57 Å². The van der Waals surface area contributed by atoms with Crippen molar-refractivity contribution in [3.63, 3.8) is 0 Å². The predicted molar refractivity (Wildman–Crippen MR) is 63.5 cm³/mol. The third kappa shape index (κ3) is 1.69. The summed E-state index contributed by atoms with van der Waals surface area (Å²) in [6, 6.07) is 1.75. The maximum absolute atomic E-state index is 11.1. The second-order valence-electron chi connectivity index (χ2n) is 4.00. The molecule has 1 heterocycles. The fourth-order valence-corrected chi connectivity index (χ4v) is 2.08. The van der Waals surface area contributed by atoms with Gasteiger partial charge in [-0.15, -0.1) is 0 Å². The summed E-state index contributed by atoms with van der Waals surface area (Å²) in [6.45, 7) is 4.71. The molecule has 0 saturated heterocycles. The van der Waals surface area contributed by atoms with Gasteiger partial charge in [0.15, 0.2) is 0 Å². The van der Waals surface area contributed by atoms with Crippen LogP contribution in [0.15, 0.2) is 18.2 Å². The summed E-state index contributed by atoms with van der Waals surface area (Å²) in [6.07, 6.45) is 8.16. The van der Waals surface area contributed by atoms with Crippen LogP contribution in [0.1, 0.15) is 24.3 Å². The summed E-state index contributed by atoms with van der Waals surface area (Å²) in [4.78, 5) is 11.1. The largest absolute Gasteiger partial charge is 0.477 e. The Balaban J connectivity index is 2.79. The molecule has 0 fully saturated rings. The first-order valence-electron chi connectivity index (χ1n) is 5.46.